The molecule has 0 aromatic carbocycles. The minimum absolute atomic E-state index is 0.269. The summed E-state index contributed by atoms with van der Waals surface area (Å²) in [5.74, 6) is 0.702. The van der Waals surface area contributed by atoms with Crippen LogP contribution in [0.3, 0.4) is 0 Å². The van der Waals surface area contributed by atoms with Crippen molar-refractivity contribution >= 4 is 11.9 Å². The van der Waals surface area contributed by atoms with E-state index in [-0.39, 0.29) is 12.1 Å². The van der Waals surface area contributed by atoms with Crippen molar-refractivity contribution in [1.82, 2.24) is 10.3 Å². The van der Waals surface area contributed by atoms with E-state index in [1.165, 1.54) is 0 Å². The number of rotatable bonds is 3. The number of aromatic nitrogens is 1. The highest BCUT2D eigenvalue weighted by molar-refractivity contribution is 5.87. The maximum Gasteiger partial charge on any atom is 0.415 e. The van der Waals surface area contributed by atoms with Crippen molar-refractivity contribution in [3.05, 3.63) is 23.9 Å². The number of carbonyl (C=O) groups excluding carboxylic acids is 1. The Labute approximate surface area is 126 Å². The molecule has 0 unspecified atom stereocenters. The van der Waals surface area contributed by atoms with Crippen LogP contribution in [0.2, 0.25) is 0 Å². The first-order chi connectivity index (χ1) is 9.92. The van der Waals surface area contributed by atoms with Gasteiger partial charge in [0.2, 0.25) is 0 Å². The van der Waals surface area contributed by atoms with E-state index >= 15 is 0 Å². The van der Waals surface area contributed by atoms with Crippen molar-refractivity contribution in [2.75, 3.05) is 18.0 Å². The van der Waals surface area contributed by atoms with Gasteiger partial charge in [-0.05, 0) is 53.1 Å². The lowest BCUT2D eigenvalue weighted by Gasteiger charge is -2.28. The van der Waals surface area contributed by atoms with Gasteiger partial charge in [0.15, 0.2) is 0 Å². The van der Waals surface area contributed by atoms with E-state index in [2.05, 4.69) is 10.3 Å². The topological polar surface area (TPSA) is 54.5 Å². The molecule has 0 radical (unpaired) electrons. The number of nitrogens with one attached hydrogen (secondary N) is 1. The highest BCUT2D eigenvalue weighted by Crippen LogP contribution is 2.30. The van der Waals surface area contributed by atoms with Gasteiger partial charge >= 0.3 is 6.09 Å². The van der Waals surface area contributed by atoms with Gasteiger partial charge in [-0.1, -0.05) is 6.07 Å². The van der Waals surface area contributed by atoms with Crippen molar-refractivity contribution in [1.29, 1.82) is 0 Å². The zero-order valence-electron chi connectivity index (χ0n) is 13.3. The van der Waals surface area contributed by atoms with Crippen molar-refractivity contribution in [3.8, 4) is 0 Å². The highest BCUT2D eigenvalue weighted by Gasteiger charge is 2.27. The number of hydrogen-bond acceptors (Lipinski definition) is 4. The van der Waals surface area contributed by atoms with Crippen LogP contribution in [0.1, 0.15) is 52.1 Å². The summed E-state index contributed by atoms with van der Waals surface area (Å²) in [6.45, 7) is 9.09. The zero-order chi connectivity index (χ0) is 15.5. The Morgan fingerprint density at radius 3 is 2.86 bits per heavy atom. The van der Waals surface area contributed by atoms with Crippen LogP contribution in [0.4, 0.5) is 10.6 Å². The smallest absolute Gasteiger partial charge is 0.415 e. The SMILES string of the molecule is CCN(C(=O)OC(C)(C)C)c1ncccc1[C@@H]1CCCN1. The molecule has 0 spiro atoms. The van der Waals surface area contributed by atoms with Gasteiger partial charge in [-0.15, -0.1) is 0 Å². The van der Waals surface area contributed by atoms with Crippen LogP contribution in [0.5, 0.6) is 0 Å². The van der Waals surface area contributed by atoms with Crippen molar-refractivity contribution in [2.24, 2.45) is 0 Å². The second kappa shape index (κ2) is 6.43. The van der Waals surface area contributed by atoms with Crippen LogP contribution in [-0.4, -0.2) is 29.8 Å². The number of ether oxygens (including phenoxy) is 1. The molecule has 1 aromatic heterocycles. The predicted octanol–water partition coefficient (Wildman–Crippen LogP) is 3.27. The number of carbonyl (C=O) groups is 1. The Kier molecular flexibility index (Phi) is 4.83. The number of pyridine rings is 1. The molecule has 0 bridgehead atoms. The summed E-state index contributed by atoms with van der Waals surface area (Å²) < 4.78 is 5.49. The molecule has 1 aliphatic heterocycles. The summed E-state index contributed by atoms with van der Waals surface area (Å²) in [5, 5.41) is 3.46. The molecule has 116 valence electrons. The fourth-order valence-electron chi connectivity index (χ4n) is 2.54. The average molecular weight is 291 g/mol. The van der Waals surface area contributed by atoms with Crippen LogP contribution in [0, 0.1) is 0 Å². The van der Waals surface area contributed by atoms with Crippen LogP contribution in [0.15, 0.2) is 18.3 Å². The molecule has 1 aliphatic rings. The maximum atomic E-state index is 12.4. The molecule has 1 fully saturated rings. The van der Waals surface area contributed by atoms with Gasteiger partial charge < -0.3 is 10.1 Å². The van der Waals surface area contributed by atoms with Crippen molar-refractivity contribution in [2.45, 2.75) is 52.2 Å². The molecule has 5 heteroatoms. The van der Waals surface area contributed by atoms with Gasteiger partial charge in [-0.2, -0.15) is 0 Å². The summed E-state index contributed by atoms with van der Waals surface area (Å²) in [5.41, 5.74) is 0.563. The predicted molar refractivity (Wildman–Crippen MR) is 83.5 cm³/mol. The molecule has 2 heterocycles. The first kappa shape index (κ1) is 15.8. The maximum absolute atomic E-state index is 12.4. The number of hydrogen-bond donors (Lipinski definition) is 1. The Morgan fingerprint density at radius 1 is 1.52 bits per heavy atom. The number of amides is 1. The van der Waals surface area contributed by atoms with E-state index in [1.807, 2.05) is 39.8 Å². The minimum atomic E-state index is -0.509. The normalized spacial score (nSPS) is 18.6. The molecule has 5 nitrogen and oxygen atoms in total. The van der Waals surface area contributed by atoms with E-state index in [1.54, 1.807) is 11.1 Å². The molecule has 1 amide bonds. The summed E-state index contributed by atoms with van der Waals surface area (Å²) in [4.78, 5) is 18.4. The second-order valence-corrected chi connectivity index (χ2v) is 6.29. The summed E-state index contributed by atoms with van der Waals surface area (Å²) >= 11 is 0. The van der Waals surface area contributed by atoms with Crippen LogP contribution in [-0.2, 0) is 4.74 Å². The van der Waals surface area contributed by atoms with Gasteiger partial charge in [0.1, 0.15) is 11.4 Å². The fraction of sp³-hybridized carbons (Fsp3) is 0.625. The van der Waals surface area contributed by atoms with E-state index in [4.69, 9.17) is 4.74 Å². The molecule has 1 aromatic rings. The fourth-order valence-corrected chi connectivity index (χ4v) is 2.54. The third-order valence-electron chi connectivity index (χ3n) is 3.44. The zero-order valence-corrected chi connectivity index (χ0v) is 13.3. The molecule has 2 rings (SSSR count). The van der Waals surface area contributed by atoms with Crippen LogP contribution in [0.25, 0.3) is 0 Å². The molecule has 21 heavy (non-hydrogen) atoms. The van der Waals surface area contributed by atoms with E-state index in [0.717, 1.165) is 24.9 Å². The Morgan fingerprint density at radius 2 is 2.29 bits per heavy atom. The van der Waals surface area contributed by atoms with E-state index in [0.29, 0.717) is 12.4 Å². The molecule has 0 aliphatic carbocycles. The molecular weight excluding hydrogens is 266 g/mol. The van der Waals surface area contributed by atoms with E-state index in [9.17, 15) is 4.79 Å². The molecular formula is C16H25N3O2. The summed E-state index contributed by atoms with van der Waals surface area (Å²) in [6, 6.07) is 4.23. The second-order valence-electron chi connectivity index (χ2n) is 6.29. The number of nitrogens with zero attached hydrogens (tertiary/aromatic N) is 2. The quantitative estimate of drug-likeness (QED) is 0.928. The van der Waals surface area contributed by atoms with Crippen LogP contribution < -0.4 is 10.2 Å². The summed E-state index contributed by atoms with van der Waals surface area (Å²) in [7, 11) is 0. The third kappa shape index (κ3) is 3.94. The van der Waals surface area contributed by atoms with Gasteiger partial charge in [-0.25, -0.2) is 9.78 Å². The first-order valence-corrected chi connectivity index (χ1v) is 7.61. The Bertz CT molecular complexity index is 491. The monoisotopic (exact) mass is 291 g/mol. The largest absolute Gasteiger partial charge is 0.443 e. The first-order valence-electron chi connectivity index (χ1n) is 7.61. The summed E-state index contributed by atoms with van der Waals surface area (Å²) in [6.07, 6.45) is 3.60. The Hall–Kier alpha value is -1.62. The molecule has 1 atom stereocenters. The van der Waals surface area contributed by atoms with Crippen LogP contribution >= 0.6 is 0 Å². The lowest BCUT2D eigenvalue weighted by molar-refractivity contribution is 0.0581. The van der Waals surface area contributed by atoms with Gasteiger partial charge in [0.05, 0.1) is 0 Å². The lowest BCUT2D eigenvalue weighted by Crippen LogP contribution is -2.38. The number of anilines is 1. The lowest BCUT2D eigenvalue weighted by atomic mass is 10.1. The molecule has 0 saturated carbocycles. The standard InChI is InChI=1S/C16H25N3O2/c1-5-19(15(20)21-16(2,3)4)14-12(8-6-11-18-14)13-9-7-10-17-13/h6,8,11,13,17H,5,7,9-10H2,1-4H3/t13-/m0/s1. The van der Waals surface area contributed by atoms with Crippen molar-refractivity contribution < 1.29 is 9.53 Å². The minimum Gasteiger partial charge on any atom is -0.443 e. The van der Waals surface area contributed by atoms with Crippen molar-refractivity contribution in [3.63, 3.8) is 0 Å². The van der Waals surface area contributed by atoms with Gasteiger partial charge in [-0.3, -0.25) is 4.90 Å². The van der Waals surface area contributed by atoms with E-state index < -0.39 is 5.60 Å². The molecule has 1 N–H and O–H groups in total. The molecule has 1 saturated heterocycles. The van der Waals surface area contributed by atoms with Gasteiger partial charge in [0.25, 0.3) is 0 Å². The Balaban J connectivity index is 2.27. The highest BCUT2D eigenvalue weighted by atomic mass is 16.6. The van der Waals surface area contributed by atoms with Gasteiger partial charge in [0, 0.05) is 24.3 Å². The average Bonchev–Trinajstić information content (AvgIpc) is 2.92. The third-order valence-corrected chi connectivity index (χ3v) is 3.44.